The molecule has 0 amide bonds. The van der Waals surface area contributed by atoms with E-state index in [9.17, 15) is 0 Å². The molecule has 5 aromatic rings. The van der Waals surface area contributed by atoms with Gasteiger partial charge in [0.25, 0.3) is 0 Å². The van der Waals surface area contributed by atoms with Gasteiger partial charge >= 0.3 is 0 Å². The molecule has 1 aliphatic heterocycles. The summed E-state index contributed by atoms with van der Waals surface area (Å²) in [6, 6.07) is 34.4. The van der Waals surface area contributed by atoms with Crippen molar-refractivity contribution in [2.75, 3.05) is 4.90 Å². The zero-order valence-corrected chi connectivity index (χ0v) is 19.2. The third kappa shape index (κ3) is 2.88. The average molecular weight is 430 g/mol. The van der Waals surface area contributed by atoms with Crippen LogP contribution >= 0.6 is 0 Å². The Hall–Kier alpha value is -3.76. The first-order valence-corrected chi connectivity index (χ1v) is 13.9. The number of anilines is 3. The number of fused-ring (bicyclic) bond motifs is 3. The summed E-state index contributed by atoms with van der Waals surface area (Å²) in [5.74, 6) is 0.753. The van der Waals surface area contributed by atoms with Crippen LogP contribution in [0.3, 0.4) is 0 Å². The van der Waals surface area contributed by atoms with Crippen LogP contribution < -0.4 is 15.3 Å². The molecule has 6 rings (SSSR count). The van der Waals surface area contributed by atoms with E-state index in [1.807, 2.05) is 24.4 Å². The van der Waals surface area contributed by atoms with Crippen LogP contribution in [0.2, 0.25) is 13.1 Å². The van der Waals surface area contributed by atoms with E-state index in [2.05, 4.69) is 102 Å². The van der Waals surface area contributed by atoms with Crippen LogP contribution in [0.1, 0.15) is 0 Å². The van der Waals surface area contributed by atoms with Crippen molar-refractivity contribution in [1.82, 2.24) is 9.97 Å². The Kier molecular flexibility index (Phi) is 4.23. The summed E-state index contributed by atoms with van der Waals surface area (Å²) < 4.78 is 0. The maximum atomic E-state index is 4.91. The lowest BCUT2D eigenvalue weighted by atomic mass is 10.1. The van der Waals surface area contributed by atoms with Crippen molar-refractivity contribution in [2.45, 2.75) is 13.1 Å². The average Bonchev–Trinajstić information content (AvgIpc) is 2.84. The lowest BCUT2D eigenvalue weighted by Crippen LogP contribution is -2.58. The van der Waals surface area contributed by atoms with Gasteiger partial charge in [-0.25, -0.2) is 9.97 Å². The molecule has 32 heavy (non-hydrogen) atoms. The fraction of sp³-hybridized carbons (Fsp3) is 0.0714. The van der Waals surface area contributed by atoms with E-state index in [1.165, 1.54) is 21.7 Å². The Morgan fingerprint density at radius 2 is 1.31 bits per heavy atom. The maximum Gasteiger partial charge on any atom is 0.159 e. The van der Waals surface area contributed by atoms with Crippen molar-refractivity contribution in [3.63, 3.8) is 0 Å². The molecule has 1 aromatic heterocycles. The van der Waals surface area contributed by atoms with Crippen molar-refractivity contribution in [3.05, 3.63) is 103 Å². The molecule has 0 bridgehead atoms. The Bertz CT molecular complexity index is 1410. The minimum atomic E-state index is -1.78. The summed E-state index contributed by atoms with van der Waals surface area (Å²) in [4.78, 5) is 11.9. The van der Waals surface area contributed by atoms with E-state index in [4.69, 9.17) is 4.98 Å². The Morgan fingerprint density at radius 3 is 2.00 bits per heavy atom. The van der Waals surface area contributed by atoms with Gasteiger partial charge in [0.2, 0.25) is 0 Å². The van der Waals surface area contributed by atoms with Crippen molar-refractivity contribution >= 4 is 46.4 Å². The number of benzene rings is 4. The Labute approximate surface area is 189 Å². The number of aromatic nitrogens is 2. The monoisotopic (exact) mass is 429 g/mol. The molecule has 154 valence electrons. The lowest BCUT2D eigenvalue weighted by Gasteiger charge is -2.41. The van der Waals surface area contributed by atoms with E-state index in [1.54, 1.807) is 0 Å². The van der Waals surface area contributed by atoms with Crippen LogP contribution in [0.25, 0.3) is 22.3 Å². The van der Waals surface area contributed by atoms with Gasteiger partial charge in [-0.2, -0.15) is 0 Å². The van der Waals surface area contributed by atoms with Crippen molar-refractivity contribution in [2.24, 2.45) is 0 Å². The number of hydrogen-bond donors (Lipinski definition) is 0. The van der Waals surface area contributed by atoms with E-state index in [0.29, 0.717) is 0 Å². The molecular weight excluding hydrogens is 406 g/mol. The second-order valence-electron chi connectivity index (χ2n) is 8.80. The number of rotatable bonds is 2. The zero-order valence-electron chi connectivity index (χ0n) is 18.2. The van der Waals surface area contributed by atoms with Crippen LogP contribution in [-0.4, -0.2) is 18.0 Å². The first-order valence-electron chi connectivity index (χ1n) is 10.9. The molecular formula is C28H23N3Si. The summed E-state index contributed by atoms with van der Waals surface area (Å²) in [5.41, 5.74) is 5.66. The number of nitrogens with zero attached hydrogens (tertiary/aromatic N) is 3. The summed E-state index contributed by atoms with van der Waals surface area (Å²) in [6.07, 6.45) is 1.92. The minimum absolute atomic E-state index is 0.753. The summed E-state index contributed by atoms with van der Waals surface area (Å²) in [6.45, 7) is 4.89. The smallest absolute Gasteiger partial charge is 0.159 e. The zero-order chi connectivity index (χ0) is 21.7. The fourth-order valence-electron chi connectivity index (χ4n) is 4.82. The standard InChI is InChI=1S/C28H23N3Si/c1-32(2)26-14-8-6-12-24(26)31(25-13-7-9-15-27(25)32)22-17-16-21-19-29-28(30-23(21)18-22)20-10-4-3-5-11-20/h3-19H,1-2H3. The summed E-state index contributed by atoms with van der Waals surface area (Å²) >= 11 is 0. The molecule has 4 aromatic carbocycles. The first kappa shape index (κ1) is 19.0. The maximum absolute atomic E-state index is 4.91. The highest BCUT2D eigenvalue weighted by molar-refractivity contribution is 7.02. The highest BCUT2D eigenvalue weighted by atomic mass is 28.3. The van der Waals surface area contributed by atoms with Crippen molar-refractivity contribution in [3.8, 4) is 11.4 Å². The second-order valence-corrected chi connectivity index (χ2v) is 13.1. The molecule has 0 fully saturated rings. The molecule has 0 atom stereocenters. The molecule has 0 N–H and O–H groups in total. The molecule has 4 heteroatoms. The van der Waals surface area contributed by atoms with E-state index in [0.717, 1.165) is 28.0 Å². The third-order valence-corrected chi connectivity index (χ3v) is 10.0. The van der Waals surface area contributed by atoms with Crippen LogP contribution in [0, 0.1) is 0 Å². The fourth-order valence-corrected chi connectivity index (χ4v) is 7.81. The molecule has 0 unspecified atom stereocenters. The van der Waals surface area contributed by atoms with Gasteiger partial charge in [-0.1, -0.05) is 79.8 Å². The van der Waals surface area contributed by atoms with Crippen molar-refractivity contribution < 1.29 is 0 Å². The normalized spacial score (nSPS) is 14.1. The molecule has 0 radical (unpaired) electrons. The lowest BCUT2D eigenvalue weighted by molar-refractivity contribution is 1.22. The van der Waals surface area contributed by atoms with E-state index in [-0.39, 0.29) is 0 Å². The first-order chi connectivity index (χ1) is 15.6. The summed E-state index contributed by atoms with van der Waals surface area (Å²) in [5, 5.41) is 3.97. The van der Waals surface area contributed by atoms with Gasteiger partial charge in [-0.05, 0) is 40.7 Å². The molecule has 0 saturated carbocycles. The molecule has 0 saturated heterocycles. The molecule has 3 nitrogen and oxygen atoms in total. The van der Waals surface area contributed by atoms with E-state index >= 15 is 0 Å². The Morgan fingerprint density at radius 1 is 0.688 bits per heavy atom. The molecule has 0 spiro atoms. The predicted molar refractivity (Wildman–Crippen MR) is 136 cm³/mol. The highest BCUT2D eigenvalue weighted by Crippen LogP contribution is 2.38. The van der Waals surface area contributed by atoms with Crippen molar-refractivity contribution in [1.29, 1.82) is 0 Å². The largest absolute Gasteiger partial charge is 0.311 e. The van der Waals surface area contributed by atoms with Gasteiger partial charge in [-0.3, -0.25) is 0 Å². The van der Waals surface area contributed by atoms with Gasteiger partial charge in [0.15, 0.2) is 5.82 Å². The Balaban J connectivity index is 1.56. The number of hydrogen-bond acceptors (Lipinski definition) is 3. The minimum Gasteiger partial charge on any atom is -0.311 e. The van der Waals surface area contributed by atoms with Gasteiger partial charge in [0.05, 0.1) is 5.52 Å². The quantitative estimate of drug-likeness (QED) is 0.327. The molecule has 1 aliphatic rings. The summed E-state index contributed by atoms with van der Waals surface area (Å²) in [7, 11) is -1.78. The van der Waals surface area contributed by atoms with Gasteiger partial charge in [0, 0.05) is 34.2 Å². The van der Waals surface area contributed by atoms with E-state index < -0.39 is 8.07 Å². The molecule has 0 aliphatic carbocycles. The highest BCUT2D eigenvalue weighted by Gasteiger charge is 2.38. The van der Waals surface area contributed by atoms with Gasteiger partial charge in [0.1, 0.15) is 8.07 Å². The SMILES string of the molecule is C[Si]1(C)c2ccccc2N(c2ccc3cnc(-c4ccccc4)nc3c2)c2ccccc21. The van der Waals surface area contributed by atoms with Crippen LogP contribution in [0.5, 0.6) is 0 Å². The second kappa shape index (κ2) is 7.14. The van der Waals surface area contributed by atoms with Gasteiger partial charge in [-0.15, -0.1) is 0 Å². The van der Waals surface area contributed by atoms with Crippen LogP contribution in [0.15, 0.2) is 103 Å². The number of para-hydroxylation sites is 2. The topological polar surface area (TPSA) is 29.0 Å². The van der Waals surface area contributed by atoms with Gasteiger partial charge < -0.3 is 4.90 Å². The predicted octanol–water partition coefficient (Wildman–Crippen LogP) is 5.90. The molecule has 2 heterocycles. The van der Waals surface area contributed by atoms with Crippen LogP contribution in [0.4, 0.5) is 17.1 Å². The van der Waals surface area contributed by atoms with Crippen LogP contribution in [-0.2, 0) is 0 Å². The third-order valence-electron chi connectivity index (χ3n) is 6.49.